The lowest BCUT2D eigenvalue weighted by molar-refractivity contribution is 0.104. The summed E-state index contributed by atoms with van der Waals surface area (Å²) in [5, 5.41) is 0.907. The number of hydrogen-bond donors (Lipinski definition) is 1. The molecule has 2 nitrogen and oxygen atoms in total. The molecule has 5 heteroatoms. The van der Waals surface area contributed by atoms with E-state index in [1.54, 1.807) is 6.20 Å². The molecular formula is C15H8BrClFNO. The van der Waals surface area contributed by atoms with Crippen LogP contribution >= 0.6 is 27.5 Å². The Balaban J connectivity index is 2.15. The number of H-pyrrole nitrogens is 1. The molecule has 0 unspecified atom stereocenters. The normalized spacial score (nSPS) is 10.9. The van der Waals surface area contributed by atoms with Gasteiger partial charge in [0.1, 0.15) is 5.82 Å². The van der Waals surface area contributed by atoms with Gasteiger partial charge in [-0.1, -0.05) is 27.5 Å². The maximum atomic E-state index is 13.1. The minimum absolute atomic E-state index is 0.111. The van der Waals surface area contributed by atoms with Gasteiger partial charge in [0.25, 0.3) is 0 Å². The third kappa shape index (κ3) is 2.25. The molecule has 0 amide bonds. The fourth-order valence-electron chi connectivity index (χ4n) is 2.10. The van der Waals surface area contributed by atoms with Crippen LogP contribution in [0.3, 0.4) is 0 Å². The van der Waals surface area contributed by atoms with Gasteiger partial charge in [-0.15, -0.1) is 0 Å². The van der Waals surface area contributed by atoms with Gasteiger partial charge in [-0.25, -0.2) is 4.39 Å². The van der Waals surface area contributed by atoms with E-state index in [1.807, 2.05) is 18.2 Å². The number of aromatic amines is 1. The highest BCUT2D eigenvalue weighted by atomic mass is 79.9. The Bertz CT molecular complexity index is 828. The highest BCUT2D eigenvalue weighted by Gasteiger charge is 2.17. The largest absolute Gasteiger partial charge is 0.360 e. The quantitative estimate of drug-likeness (QED) is 0.650. The number of ketones is 1. The van der Waals surface area contributed by atoms with Crippen molar-refractivity contribution in [3.05, 3.63) is 69.0 Å². The van der Waals surface area contributed by atoms with E-state index in [4.69, 9.17) is 11.6 Å². The summed E-state index contributed by atoms with van der Waals surface area (Å²) >= 11 is 9.32. The predicted molar refractivity (Wildman–Crippen MR) is 80.8 cm³/mol. The van der Waals surface area contributed by atoms with Crippen molar-refractivity contribution >= 4 is 44.2 Å². The van der Waals surface area contributed by atoms with Gasteiger partial charge in [-0.05, 0) is 36.4 Å². The number of hydrogen-bond acceptors (Lipinski definition) is 1. The van der Waals surface area contributed by atoms with Gasteiger partial charge >= 0.3 is 0 Å². The van der Waals surface area contributed by atoms with Crippen LogP contribution in [0.4, 0.5) is 4.39 Å². The van der Waals surface area contributed by atoms with Crippen LogP contribution < -0.4 is 0 Å². The molecule has 100 valence electrons. The van der Waals surface area contributed by atoms with Crippen LogP contribution in [0.25, 0.3) is 10.9 Å². The van der Waals surface area contributed by atoms with Crippen molar-refractivity contribution in [3.8, 4) is 0 Å². The van der Waals surface area contributed by atoms with E-state index in [2.05, 4.69) is 20.9 Å². The summed E-state index contributed by atoms with van der Waals surface area (Å²) in [6.07, 6.45) is 1.64. The van der Waals surface area contributed by atoms with Gasteiger partial charge in [0.05, 0.1) is 5.02 Å². The molecule has 0 aliphatic carbocycles. The Morgan fingerprint density at radius 3 is 2.70 bits per heavy atom. The van der Waals surface area contributed by atoms with Crippen molar-refractivity contribution in [1.29, 1.82) is 0 Å². The van der Waals surface area contributed by atoms with Gasteiger partial charge in [-0.3, -0.25) is 4.79 Å². The average Bonchev–Trinajstić information content (AvgIpc) is 2.81. The molecule has 0 saturated carbocycles. The predicted octanol–water partition coefficient (Wildman–Crippen LogP) is 4.95. The Kier molecular flexibility index (Phi) is 3.36. The van der Waals surface area contributed by atoms with E-state index < -0.39 is 5.82 Å². The number of halogens is 3. The Labute approximate surface area is 127 Å². The van der Waals surface area contributed by atoms with Crippen molar-refractivity contribution < 1.29 is 9.18 Å². The van der Waals surface area contributed by atoms with Gasteiger partial charge in [-0.2, -0.15) is 0 Å². The molecule has 0 spiro atoms. The van der Waals surface area contributed by atoms with E-state index in [9.17, 15) is 9.18 Å². The van der Waals surface area contributed by atoms with Crippen molar-refractivity contribution in [2.24, 2.45) is 0 Å². The lowest BCUT2D eigenvalue weighted by atomic mass is 10.0. The van der Waals surface area contributed by atoms with Crippen molar-refractivity contribution in [2.45, 2.75) is 0 Å². The second-order valence-corrected chi connectivity index (χ2v) is 5.67. The summed E-state index contributed by atoms with van der Waals surface area (Å²) in [5.41, 5.74) is 1.65. The third-order valence-corrected chi connectivity index (χ3v) is 3.87. The van der Waals surface area contributed by atoms with Gasteiger partial charge < -0.3 is 4.98 Å². The van der Waals surface area contributed by atoms with Crippen LogP contribution in [0, 0.1) is 5.82 Å². The maximum absolute atomic E-state index is 13.1. The van der Waals surface area contributed by atoms with Gasteiger partial charge in [0.15, 0.2) is 5.78 Å². The van der Waals surface area contributed by atoms with E-state index in [0.29, 0.717) is 5.56 Å². The summed E-state index contributed by atoms with van der Waals surface area (Å²) < 4.78 is 13.9. The zero-order valence-corrected chi connectivity index (χ0v) is 12.4. The van der Waals surface area contributed by atoms with Crippen LogP contribution in [0.15, 0.2) is 47.1 Å². The molecule has 0 bridgehead atoms. The fraction of sp³-hybridized carbons (Fsp3) is 0. The number of rotatable bonds is 2. The SMILES string of the molecule is O=C(c1ccc(F)cc1Cl)c1c[nH]c2ccc(Br)cc12. The first-order chi connectivity index (χ1) is 9.56. The minimum atomic E-state index is -0.465. The second-order valence-electron chi connectivity index (χ2n) is 4.35. The maximum Gasteiger partial charge on any atom is 0.196 e. The molecule has 0 atom stereocenters. The highest BCUT2D eigenvalue weighted by molar-refractivity contribution is 9.10. The molecule has 3 aromatic rings. The molecule has 1 aromatic heterocycles. The summed E-state index contributed by atoms with van der Waals surface area (Å²) in [5.74, 6) is -0.701. The van der Waals surface area contributed by atoms with Crippen LogP contribution in [0.5, 0.6) is 0 Å². The summed E-state index contributed by atoms with van der Waals surface area (Å²) in [4.78, 5) is 15.6. The minimum Gasteiger partial charge on any atom is -0.360 e. The number of carbonyl (C=O) groups excluding carboxylic acids is 1. The molecule has 0 aliphatic heterocycles. The zero-order chi connectivity index (χ0) is 14.3. The lowest BCUT2D eigenvalue weighted by Gasteiger charge is -2.03. The van der Waals surface area contributed by atoms with E-state index in [0.717, 1.165) is 21.4 Å². The summed E-state index contributed by atoms with van der Waals surface area (Å²) in [7, 11) is 0. The molecule has 2 aromatic carbocycles. The molecule has 0 saturated heterocycles. The first-order valence-corrected chi connectivity index (χ1v) is 7.00. The van der Waals surface area contributed by atoms with Crippen molar-refractivity contribution in [2.75, 3.05) is 0 Å². The number of benzene rings is 2. The summed E-state index contributed by atoms with van der Waals surface area (Å²) in [6.45, 7) is 0. The third-order valence-electron chi connectivity index (χ3n) is 3.06. The molecule has 0 radical (unpaired) electrons. The average molecular weight is 353 g/mol. The monoisotopic (exact) mass is 351 g/mol. The number of nitrogens with one attached hydrogen (secondary N) is 1. The molecule has 20 heavy (non-hydrogen) atoms. The fourth-order valence-corrected chi connectivity index (χ4v) is 2.71. The van der Waals surface area contributed by atoms with Crippen LogP contribution in [-0.2, 0) is 0 Å². The molecule has 0 fully saturated rings. The van der Waals surface area contributed by atoms with Gasteiger partial charge in [0.2, 0.25) is 0 Å². The molecule has 1 N–H and O–H groups in total. The molecule has 0 aliphatic rings. The number of aromatic nitrogens is 1. The van der Waals surface area contributed by atoms with E-state index in [1.165, 1.54) is 12.1 Å². The first kappa shape index (κ1) is 13.3. The first-order valence-electron chi connectivity index (χ1n) is 5.82. The van der Waals surface area contributed by atoms with Crippen LogP contribution in [0.2, 0.25) is 5.02 Å². The molecule has 1 heterocycles. The van der Waals surface area contributed by atoms with Crippen LogP contribution in [-0.4, -0.2) is 10.8 Å². The van der Waals surface area contributed by atoms with E-state index >= 15 is 0 Å². The molecule has 3 rings (SSSR count). The van der Waals surface area contributed by atoms with E-state index in [-0.39, 0.29) is 16.4 Å². The Morgan fingerprint density at radius 1 is 1.15 bits per heavy atom. The van der Waals surface area contributed by atoms with Crippen molar-refractivity contribution in [3.63, 3.8) is 0 Å². The Hall–Kier alpha value is -1.65. The second kappa shape index (κ2) is 5.04. The van der Waals surface area contributed by atoms with Crippen molar-refractivity contribution in [1.82, 2.24) is 4.98 Å². The zero-order valence-electron chi connectivity index (χ0n) is 10.1. The standard InChI is InChI=1S/C15H8BrClFNO/c16-8-1-4-14-11(5-8)12(7-19-14)15(20)10-3-2-9(18)6-13(10)17/h1-7,19H. The van der Waals surface area contributed by atoms with Gasteiger partial charge in [0, 0.05) is 32.7 Å². The molecular weight excluding hydrogens is 345 g/mol. The Morgan fingerprint density at radius 2 is 1.95 bits per heavy atom. The lowest BCUT2D eigenvalue weighted by Crippen LogP contribution is -2.01. The number of fused-ring (bicyclic) bond motifs is 1. The smallest absolute Gasteiger partial charge is 0.196 e. The highest BCUT2D eigenvalue weighted by Crippen LogP contribution is 2.27. The number of carbonyl (C=O) groups is 1. The topological polar surface area (TPSA) is 32.9 Å². The summed E-state index contributed by atoms with van der Waals surface area (Å²) in [6, 6.07) is 9.39. The van der Waals surface area contributed by atoms with Crippen LogP contribution in [0.1, 0.15) is 15.9 Å².